The molecule has 20 heavy (non-hydrogen) atoms. The quantitative estimate of drug-likeness (QED) is 0.714. The van der Waals surface area contributed by atoms with Gasteiger partial charge in [0.2, 0.25) is 10.0 Å². The number of hydrogen-bond donors (Lipinski definition) is 2. The third-order valence-corrected chi connectivity index (χ3v) is 3.86. The van der Waals surface area contributed by atoms with Gasteiger partial charge in [0.05, 0.1) is 11.5 Å². The van der Waals surface area contributed by atoms with Crippen molar-refractivity contribution in [3.8, 4) is 5.75 Å². The topological polar surface area (TPSA) is 67.4 Å². The molecule has 0 aliphatic carbocycles. The van der Waals surface area contributed by atoms with Gasteiger partial charge >= 0.3 is 0 Å². The van der Waals surface area contributed by atoms with Gasteiger partial charge in [-0.05, 0) is 37.2 Å². The van der Waals surface area contributed by atoms with Crippen molar-refractivity contribution in [2.45, 2.75) is 18.7 Å². The van der Waals surface area contributed by atoms with E-state index in [4.69, 9.17) is 4.74 Å². The third kappa shape index (κ3) is 6.56. The van der Waals surface area contributed by atoms with Crippen molar-refractivity contribution >= 4 is 22.4 Å². The standard InChI is InChI=1S/C13H22N2O3S.ClH/c1-11(2)10-18-12-4-6-13(7-5-12)19(16,17)15-9-8-14-3;/h4-7,11,14-15H,8-10H2,1-3H3;1H. The Kier molecular flexibility index (Phi) is 8.80. The fourth-order valence-electron chi connectivity index (χ4n) is 1.37. The normalized spacial score (nSPS) is 11.2. The van der Waals surface area contributed by atoms with Gasteiger partial charge in [-0.2, -0.15) is 0 Å². The molecular formula is C13H23ClN2O3S. The average molecular weight is 323 g/mol. The van der Waals surface area contributed by atoms with Gasteiger partial charge in [-0.25, -0.2) is 13.1 Å². The van der Waals surface area contributed by atoms with Crippen LogP contribution in [0.15, 0.2) is 29.2 Å². The highest BCUT2D eigenvalue weighted by atomic mass is 35.5. The van der Waals surface area contributed by atoms with Crippen molar-refractivity contribution in [2.24, 2.45) is 5.92 Å². The summed E-state index contributed by atoms with van der Waals surface area (Å²) in [6.07, 6.45) is 0. The summed E-state index contributed by atoms with van der Waals surface area (Å²) in [4.78, 5) is 0.250. The van der Waals surface area contributed by atoms with Crippen molar-refractivity contribution in [3.05, 3.63) is 24.3 Å². The van der Waals surface area contributed by atoms with E-state index in [0.29, 0.717) is 31.4 Å². The Morgan fingerprint density at radius 1 is 1.15 bits per heavy atom. The Morgan fingerprint density at radius 2 is 1.75 bits per heavy atom. The van der Waals surface area contributed by atoms with Crippen LogP contribution in [0.4, 0.5) is 0 Å². The molecule has 0 amide bonds. The highest BCUT2D eigenvalue weighted by Crippen LogP contribution is 2.16. The van der Waals surface area contributed by atoms with Crippen LogP contribution < -0.4 is 14.8 Å². The number of benzene rings is 1. The number of likely N-dealkylation sites (N-methyl/N-ethyl adjacent to an activating group) is 1. The molecule has 0 aromatic heterocycles. The lowest BCUT2D eigenvalue weighted by Gasteiger charge is -2.10. The third-order valence-electron chi connectivity index (χ3n) is 2.38. The lowest BCUT2D eigenvalue weighted by molar-refractivity contribution is 0.271. The number of hydrogen-bond acceptors (Lipinski definition) is 4. The van der Waals surface area contributed by atoms with Crippen LogP contribution in [0.3, 0.4) is 0 Å². The Bertz CT molecular complexity index is 475. The van der Waals surface area contributed by atoms with Crippen LogP contribution in [0.1, 0.15) is 13.8 Å². The van der Waals surface area contributed by atoms with Gasteiger partial charge in [-0.1, -0.05) is 13.8 Å². The van der Waals surface area contributed by atoms with Crippen LogP contribution in [0.5, 0.6) is 5.75 Å². The van der Waals surface area contributed by atoms with E-state index in [2.05, 4.69) is 23.9 Å². The molecule has 0 saturated carbocycles. The molecule has 116 valence electrons. The maximum Gasteiger partial charge on any atom is 0.240 e. The van der Waals surface area contributed by atoms with Crippen LogP contribution in [-0.2, 0) is 10.0 Å². The second-order valence-electron chi connectivity index (χ2n) is 4.68. The molecule has 0 heterocycles. The molecule has 7 heteroatoms. The van der Waals surface area contributed by atoms with E-state index in [0.717, 1.165) is 0 Å². The largest absolute Gasteiger partial charge is 0.493 e. The van der Waals surface area contributed by atoms with E-state index in [-0.39, 0.29) is 17.3 Å². The Labute approximate surface area is 127 Å². The predicted octanol–water partition coefficient (Wildman–Crippen LogP) is 1.64. The lowest BCUT2D eigenvalue weighted by Crippen LogP contribution is -2.30. The monoisotopic (exact) mass is 322 g/mol. The molecule has 0 spiro atoms. The van der Waals surface area contributed by atoms with Gasteiger partial charge < -0.3 is 10.1 Å². The summed E-state index contributed by atoms with van der Waals surface area (Å²) >= 11 is 0. The maximum atomic E-state index is 11.9. The highest BCUT2D eigenvalue weighted by Gasteiger charge is 2.12. The molecule has 2 N–H and O–H groups in total. The molecule has 0 saturated heterocycles. The Morgan fingerprint density at radius 3 is 2.25 bits per heavy atom. The summed E-state index contributed by atoms with van der Waals surface area (Å²) in [5.41, 5.74) is 0. The summed E-state index contributed by atoms with van der Waals surface area (Å²) < 4.78 is 31.8. The smallest absolute Gasteiger partial charge is 0.240 e. The zero-order valence-electron chi connectivity index (χ0n) is 12.0. The molecule has 5 nitrogen and oxygen atoms in total. The van der Waals surface area contributed by atoms with Crippen molar-refractivity contribution < 1.29 is 13.2 Å². The molecule has 1 aromatic carbocycles. The van der Waals surface area contributed by atoms with Gasteiger partial charge in [0, 0.05) is 13.1 Å². The molecule has 0 aliphatic rings. The summed E-state index contributed by atoms with van der Waals surface area (Å²) in [6, 6.07) is 6.46. The van der Waals surface area contributed by atoms with Crippen molar-refractivity contribution in [3.63, 3.8) is 0 Å². The van der Waals surface area contributed by atoms with Crippen LogP contribution in [0.2, 0.25) is 0 Å². The lowest BCUT2D eigenvalue weighted by atomic mass is 10.2. The molecule has 0 aliphatic heterocycles. The zero-order valence-corrected chi connectivity index (χ0v) is 13.7. The number of rotatable bonds is 8. The van der Waals surface area contributed by atoms with Crippen LogP contribution in [0, 0.1) is 5.92 Å². The van der Waals surface area contributed by atoms with E-state index in [1.54, 1.807) is 31.3 Å². The molecule has 0 unspecified atom stereocenters. The van der Waals surface area contributed by atoms with Gasteiger partial charge in [0.15, 0.2) is 0 Å². The van der Waals surface area contributed by atoms with Gasteiger partial charge in [-0.15, -0.1) is 12.4 Å². The second kappa shape index (κ2) is 9.18. The maximum absolute atomic E-state index is 11.9. The number of ether oxygens (including phenoxy) is 1. The molecular weight excluding hydrogens is 300 g/mol. The average Bonchev–Trinajstić information content (AvgIpc) is 2.37. The molecule has 1 rings (SSSR count). The van der Waals surface area contributed by atoms with Crippen molar-refractivity contribution in [1.82, 2.24) is 10.0 Å². The summed E-state index contributed by atoms with van der Waals surface area (Å²) in [5.74, 6) is 1.12. The highest BCUT2D eigenvalue weighted by molar-refractivity contribution is 7.89. The first-order valence-corrected chi connectivity index (χ1v) is 7.81. The Balaban J connectivity index is 0.00000361. The second-order valence-corrected chi connectivity index (χ2v) is 6.44. The summed E-state index contributed by atoms with van der Waals surface area (Å²) in [7, 11) is -1.65. The van der Waals surface area contributed by atoms with E-state index in [1.165, 1.54) is 0 Å². The molecule has 0 atom stereocenters. The van der Waals surface area contributed by atoms with Crippen LogP contribution in [-0.4, -0.2) is 35.2 Å². The molecule has 1 aromatic rings. The summed E-state index contributed by atoms with van der Waals surface area (Å²) in [6.45, 7) is 5.70. The van der Waals surface area contributed by atoms with E-state index in [9.17, 15) is 8.42 Å². The fraction of sp³-hybridized carbons (Fsp3) is 0.538. The van der Waals surface area contributed by atoms with Gasteiger partial charge in [0.1, 0.15) is 5.75 Å². The number of nitrogens with one attached hydrogen (secondary N) is 2. The minimum atomic E-state index is -3.43. The van der Waals surface area contributed by atoms with Crippen LogP contribution >= 0.6 is 12.4 Å². The first-order chi connectivity index (χ1) is 8.95. The molecule has 0 radical (unpaired) electrons. The van der Waals surface area contributed by atoms with Gasteiger partial charge in [-0.3, -0.25) is 0 Å². The first-order valence-electron chi connectivity index (χ1n) is 6.33. The first kappa shape index (κ1) is 19.2. The van der Waals surface area contributed by atoms with Crippen LogP contribution in [0.25, 0.3) is 0 Å². The minimum absolute atomic E-state index is 0. The van der Waals surface area contributed by atoms with Gasteiger partial charge in [0.25, 0.3) is 0 Å². The number of halogens is 1. The number of sulfonamides is 1. The SMILES string of the molecule is CNCCNS(=O)(=O)c1ccc(OCC(C)C)cc1.Cl. The van der Waals surface area contributed by atoms with E-state index >= 15 is 0 Å². The van der Waals surface area contributed by atoms with Crippen molar-refractivity contribution in [1.29, 1.82) is 0 Å². The summed E-state index contributed by atoms with van der Waals surface area (Å²) in [5, 5.41) is 2.88. The predicted molar refractivity (Wildman–Crippen MR) is 83.1 cm³/mol. The van der Waals surface area contributed by atoms with Crippen molar-refractivity contribution in [2.75, 3.05) is 26.7 Å². The Hall–Kier alpha value is -0.820. The fourth-order valence-corrected chi connectivity index (χ4v) is 2.40. The zero-order chi connectivity index (χ0) is 14.3. The molecule has 0 fully saturated rings. The molecule has 0 bridgehead atoms. The van der Waals surface area contributed by atoms with E-state index in [1.807, 2.05) is 0 Å². The minimum Gasteiger partial charge on any atom is -0.493 e. The van der Waals surface area contributed by atoms with E-state index < -0.39 is 10.0 Å².